The molecule has 0 saturated carbocycles. The Labute approximate surface area is 165 Å². The van der Waals surface area contributed by atoms with Crippen LogP contribution >= 0.6 is 0 Å². The average Bonchev–Trinajstić information content (AvgIpc) is 2.68. The molecule has 27 heavy (non-hydrogen) atoms. The molecule has 0 aromatic carbocycles. The number of nitrogens with zero attached hydrogens (tertiary/aromatic N) is 2. The van der Waals surface area contributed by atoms with Crippen LogP contribution in [0.3, 0.4) is 0 Å². The first-order chi connectivity index (χ1) is 13.0. The third-order valence-electron chi connectivity index (χ3n) is 5.04. The Morgan fingerprint density at radius 2 is 1.44 bits per heavy atom. The highest BCUT2D eigenvalue weighted by Gasteiger charge is 2.18. The van der Waals surface area contributed by atoms with Crippen molar-refractivity contribution in [3.8, 4) is 0 Å². The minimum absolute atomic E-state index is 0.0676. The smallest absolute Gasteiger partial charge is 0.222 e. The number of ether oxygens (including phenoxy) is 3. The predicted molar refractivity (Wildman–Crippen MR) is 108 cm³/mol. The number of carbonyl (C=O) groups is 1. The lowest BCUT2D eigenvalue weighted by Gasteiger charge is -2.36. The molecule has 1 atom stereocenters. The first kappa shape index (κ1) is 24.3. The van der Waals surface area contributed by atoms with Crippen LogP contribution in [0, 0.1) is 5.92 Å². The fraction of sp³-hybridized carbons (Fsp3) is 0.950. The summed E-state index contributed by atoms with van der Waals surface area (Å²) in [6.07, 6.45) is 0.859. The lowest BCUT2D eigenvalue weighted by atomic mass is 10.1. The van der Waals surface area contributed by atoms with Crippen LogP contribution < -0.4 is 5.32 Å². The monoisotopic (exact) mass is 387 g/mol. The Balaban J connectivity index is 1.80. The lowest BCUT2D eigenvalue weighted by molar-refractivity contribution is -0.124. The molecule has 1 rings (SSSR count). The van der Waals surface area contributed by atoms with E-state index in [0.29, 0.717) is 45.6 Å². The van der Waals surface area contributed by atoms with E-state index in [0.717, 1.165) is 45.8 Å². The van der Waals surface area contributed by atoms with Crippen molar-refractivity contribution in [1.82, 2.24) is 15.1 Å². The maximum absolute atomic E-state index is 11.6. The van der Waals surface area contributed by atoms with Crippen LogP contribution in [0.15, 0.2) is 0 Å². The van der Waals surface area contributed by atoms with Gasteiger partial charge in [-0.3, -0.25) is 14.6 Å². The summed E-state index contributed by atoms with van der Waals surface area (Å²) in [4.78, 5) is 16.6. The maximum Gasteiger partial charge on any atom is 0.222 e. The van der Waals surface area contributed by atoms with Crippen molar-refractivity contribution in [1.29, 1.82) is 0 Å². The molecule has 160 valence electrons. The molecule has 1 heterocycles. The molecule has 7 heteroatoms. The van der Waals surface area contributed by atoms with Gasteiger partial charge in [0.05, 0.1) is 39.6 Å². The van der Waals surface area contributed by atoms with Crippen LogP contribution in [0.4, 0.5) is 0 Å². The average molecular weight is 388 g/mol. The van der Waals surface area contributed by atoms with Gasteiger partial charge in [0.15, 0.2) is 0 Å². The van der Waals surface area contributed by atoms with Gasteiger partial charge in [0.2, 0.25) is 5.91 Å². The highest BCUT2D eigenvalue weighted by atomic mass is 16.5. The molecule has 1 aliphatic heterocycles. The fourth-order valence-electron chi connectivity index (χ4n) is 2.84. The van der Waals surface area contributed by atoms with Gasteiger partial charge >= 0.3 is 0 Å². The molecule has 1 aliphatic rings. The summed E-state index contributed by atoms with van der Waals surface area (Å²) in [5.41, 5.74) is 0. The summed E-state index contributed by atoms with van der Waals surface area (Å²) in [5, 5.41) is 2.86. The largest absolute Gasteiger partial charge is 0.378 e. The van der Waals surface area contributed by atoms with E-state index in [1.54, 1.807) is 0 Å². The molecule has 7 nitrogen and oxygen atoms in total. The number of nitrogens with one attached hydrogen (secondary N) is 1. The van der Waals surface area contributed by atoms with E-state index >= 15 is 0 Å². The van der Waals surface area contributed by atoms with E-state index < -0.39 is 0 Å². The van der Waals surface area contributed by atoms with E-state index in [1.807, 2.05) is 13.8 Å². The number of hydrogen-bond acceptors (Lipinski definition) is 6. The minimum atomic E-state index is 0.0676. The Morgan fingerprint density at radius 3 is 2.00 bits per heavy atom. The number of piperazine rings is 1. The molecule has 1 amide bonds. The number of carbonyl (C=O) groups excluding carboxylic acids is 1. The Bertz CT molecular complexity index is 374. The molecule has 0 bridgehead atoms. The standard InChI is InChI=1S/C20H41N3O4/c1-5-19(4)20(24)21-6-12-25-14-16-27-17-15-26-13-11-22-7-9-23(10-8-22)18(2)3/h18-19H,5-17H2,1-4H3,(H,21,24). The van der Waals surface area contributed by atoms with Crippen molar-refractivity contribution in [2.75, 3.05) is 78.9 Å². The molecule has 0 aromatic heterocycles. The van der Waals surface area contributed by atoms with Crippen LogP contribution in [0.25, 0.3) is 0 Å². The van der Waals surface area contributed by atoms with Gasteiger partial charge in [-0.15, -0.1) is 0 Å². The van der Waals surface area contributed by atoms with Crippen LogP contribution in [-0.4, -0.2) is 101 Å². The molecule has 0 radical (unpaired) electrons. The van der Waals surface area contributed by atoms with E-state index in [9.17, 15) is 4.79 Å². The van der Waals surface area contributed by atoms with Gasteiger partial charge in [-0.25, -0.2) is 0 Å². The first-order valence-electron chi connectivity index (χ1n) is 10.5. The van der Waals surface area contributed by atoms with Crippen molar-refractivity contribution in [3.63, 3.8) is 0 Å². The third kappa shape index (κ3) is 11.7. The Kier molecular flexibility index (Phi) is 13.7. The lowest BCUT2D eigenvalue weighted by Crippen LogP contribution is -2.49. The summed E-state index contributed by atoms with van der Waals surface area (Å²) in [6, 6.07) is 0.646. The zero-order chi connectivity index (χ0) is 19.9. The summed E-state index contributed by atoms with van der Waals surface area (Å²) in [5.74, 6) is 0.161. The van der Waals surface area contributed by atoms with Crippen LogP contribution in [0.5, 0.6) is 0 Å². The van der Waals surface area contributed by atoms with Gasteiger partial charge in [0.1, 0.15) is 0 Å². The first-order valence-corrected chi connectivity index (χ1v) is 10.5. The summed E-state index contributed by atoms with van der Waals surface area (Å²) < 4.78 is 16.6. The quantitative estimate of drug-likeness (QED) is 0.427. The highest BCUT2D eigenvalue weighted by molar-refractivity contribution is 5.78. The van der Waals surface area contributed by atoms with Crippen LogP contribution in [0.2, 0.25) is 0 Å². The fourth-order valence-corrected chi connectivity index (χ4v) is 2.84. The predicted octanol–water partition coefficient (Wildman–Crippen LogP) is 1.22. The molecule has 0 spiro atoms. The van der Waals surface area contributed by atoms with Gasteiger partial charge in [-0.05, 0) is 20.3 Å². The van der Waals surface area contributed by atoms with Crippen molar-refractivity contribution >= 4 is 5.91 Å². The minimum Gasteiger partial charge on any atom is -0.378 e. The Morgan fingerprint density at radius 1 is 0.889 bits per heavy atom. The van der Waals surface area contributed by atoms with Crippen molar-refractivity contribution < 1.29 is 19.0 Å². The number of hydrogen-bond donors (Lipinski definition) is 1. The normalized spacial score (nSPS) is 17.4. The van der Waals surface area contributed by atoms with Gasteiger partial charge in [0, 0.05) is 51.2 Å². The van der Waals surface area contributed by atoms with Gasteiger partial charge in [-0.2, -0.15) is 0 Å². The molecule has 1 unspecified atom stereocenters. The second kappa shape index (κ2) is 15.2. The molecule has 1 N–H and O–H groups in total. The summed E-state index contributed by atoms with van der Waals surface area (Å²) in [6.45, 7) is 18.2. The van der Waals surface area contributed by atoms with Crippen molar-refractivity contribution in [2.45, 2.75) is 40.2 Å². The molecule has 1 saturated heterocycles. The third-order valence-corrected chi connectivity index (χ3v) is 5.04. The summed E-state index contributed by atoms with van der Waals surface area (Å²) >= 11 is 0. The van der Waals surface area contributed by atoms with Gasteiger partial charge in [0.25, 0.3) is 0 Å². The highest BCUT2D eigenvalue weighted by Crippen LogP contribution is 2.05. The second-order valence-corrected chi connectivity index (χ2v) is 7.41. The van der Waals surface area contributed by atoms with E-state index in [4.69, 9.17) is 14.2 Å². The Hall–Kier alpha value is -0.730. The van der Waals surface area contributed by atoms with Crippen molar-refractivity contribution in [3.05, 3.63) is 0 Å². The molecule has 0 aliphatic carbocycles. The van der Waals surface area contributed by atoms with E-state index in [2.05, 4.69) is 29.0 Å². The van der Waals surface area contributed by atoms with E-state index in [1.165, 1.54) is 0 Å². The van der Waals surface area contributed by atoms with Gasteiger partial charge < -0.3 is 19.5 Å². The van der Waals surface area contributed by atoms with Crippen LogP contribution in [-0.2, 0) is 19.0 Å². The molecule has 0 aromatic rings. The number of rotatable bonds is 15. The maximum atomic E-state index is 11.6. The second-order valence-electron chi connectivity index (χ2n) is 7.41. The van der Waals surface area contributed by atoms with E-state index in [-0.39, 0.29) is 11.8 Å². The topological polar surface area (TPSA) is 63.3 Å². The summed E-state index contributed by atoms with van der Waals surface area (Å²) in [7, 11) is 0. The zero-order valence-electron chi connectivity index (χ0n) is 17.9. The molecular formula is C20H41N3O4. The number of amides is 1. The molecular weight excluding hydrogens is 346 g/mol. The zero-order valence-corrected chi connectivity index (χ0v) is 17.9. The SMILES string of the molecule is CCC(C)C(=O)NCCOCCOCCOCCN1CCN(C(C)C)CC1. The van der Waals surface area contributed by atoms with Gasteiger partial charge in [-0.1, -0.05) is 13.8 Å². The van der Waals surface area contributed by atoms with Crippen LogP contribution in [0.1, 0.15) is 34.1 Å². The molecule has 1 fully saturated rings. The van der Waals surface area contributed by atoms with Crippen molar-refractivity contribution in [2.24, 2.45) is 5.92 Å².